The molecule has 0 atom stereocenters. The van der Waals surface area contributed by atoms with Gasteiger partial charge in [0.1, 0.15) is 5.17 Å². The molecule has 13 heavy (non-hydrogen) atoms. The van der Waals surface area contributed by atoms with Crippen LogP contribution in [0.25, 0.3) is 0 Å². The van der Waals surface area contributed by atoms with Crippen molar-refractivity contribution in [1.82, 2.24) is 4.90 Å². The van der Waals surface area contributed by atoms with E-state index in [1.54, 1.807) is 19.3 Å². The SMILES string of the molecule is CC(=O)N(C)/C=C/C(Cl)=NC(C)C. The molecule has 4 heteroatoms. The summed E-state index contributed by atoms with van der Waals surface area (Å²) in [5, 5.41) is 0.406. The van der Waals surface area contributed by atoms with Crippen LogP contribution in [0.3, 0.4) is 0 Å². The first kappa shape index (κ1) is 12.2. The molecule has 74 valence electrons. The number of hydrogen-bond donors (Lipinski definition) is 0. The van der Waals surface area contributed by atoms with Crippen molar-refractivity contribution in [2.45, 2.75) is 26.8 Å². The summed E-state index contributed by atoms with van der Waals surface area (Å²) < 4.78 is 0. The molecular weight excluding hydrogens is 188 g/mol. The number of hydrogen-bond acceptors (Lipinski definition) is 2. The lowest BCUT2D eigenvalue weighted by Crippen LogP contribution is -2.16. The largest absolute Gasteiger partial charge is 0.322 e. The molecule has 0 radical (unpaired) electrons. The van der Waals surface area contributed by atoms with Gasteiger partial charge in [-0.2, -0.15) is 0 Å². The van der Waals surface area contributed by atoms with Crippen LogP contribution < -0.4 is 0 Å². The molecule has 0 saturated carbocycles. The molecule has 0 aliphatic rings. The summed E-state index contributed by atoms with van der Waals surface area (Å²) in [5.41, 5.74) is 0. The Bertz CT molecular complexity index is 234. The number of nitrogens with zero attached hydrogens (tertiary/aromatic N) is 2. The minimum Gasteiger partial charge on any atom is -0.322 e. The highest BCUT2D eigenvalue weighted by Crippen LogP contribution is 1.96. The Morgan fingerprint density at radius 1 is 1.54 bits per heavy atom. The van der Waals surface area contributed by atoms with E-state index in [0.29, 0.717) is 5.17 Å². The van der Waals surface area contributed by atoms with E-state index in [1.807, 2.05) is 13.8 Å². The summed E-state index contributed by atoms with van der Waals surface area (Å²) in [6, 6.07) is 0.166. The van der Waals surface area contributed by atoms with Gasteiger partial charge in [0.15, 0.2) is 0 Å². The maximum Gasteiger partial charge on any atom is 0.223 e. The maximum atomic E-state index is 10.8. The second-order valence-electron chi connectivity index (χ2n) is 2.99. The van der Waals surface area contributed by atoms with Crippen LogP contribution in [0.1, 0.15) is 20.8 Å². The third-order valence-corrected chi connectivity index (χ3v) is 1.54. The zero-order valence-corrected chi connectivity index (χ0v) is 9.17. The normalized spacial score (nSPS) is 12.6. The molecule has 0 N–H and O–H groups in total. The first-order valence-electron chi connectivity index (χ1n) is 4.08. The summed E-state index contributed by atoms with van der Waals surface area (Å²) in [4.78, 5) is 16.3. The number of carbonyl (C=O) groups is 1. The first-order valence-corrected chi connectivity index (χ1v) is 4.46. The van der Waals surface area contributed by atoms with Crippen LogP contribution >= 0.6 is 11.6 Å². The van der Waals surface area contributed by atoms with Crippen molar-refractivity contribution in [2.24, 2.45) is 4.99 Å². The van der Waals surface area contributed by atoms with Gasteiger partial charge in [-0.3, -0.25) is 9.79 Å². The minimum absolute atomic E-state index is 0.0368. The van der Waals surface area contributed by atoms with Crippen molar-refractivity contribution in [3.63, 3.8) is 0 Å². The highest BCUT2D eigenvalue weighted by atomic mass is 35.5. The lowest BCUT2D eigenvalue weighted by Gasteiger charge is -2.06. The fourth-order valence-electron chi connectivity index (χ4n) is 0.568. The van der Waals surface area contributed by atoms with Crippen LogP contribution in [-0.2, 0) is 4.79 Å². The summed E-state index contributed by atoms with van der Waals surface area (Å²) >= 11 is 5.75. The Balaban J connectivity index is 4.19. The van der Waals surface area contributed by atoms with E-state index < -0.39 is 0 Å². The number of halogens is 1. The van der Waals surface area contributed by atoms with Crippen LogP contribution in [0, 0.1) is 0 Å². The van der Waals surface area contributed by atoms with E-state index in [-0.39, 0.29) is 11.9 Å². The van der Waals surface area contributed by atoms with Crippen molar-refractivity contribution in [3.8, 4) is 0 Å². The summed E-state index contributed by atoms with van der Waals surface area (Å²) in [5.74, 6) is -0.0368. The third-order valence-electron chi connectivity index (χ3n) is 1.31. The Labute approximate surface area is 84.1 Å². The van der Waals surface area contributed by atoms with Gasteiger partial charge in [0, 0.05) is 26.2 Å². The Hall–Kier alpha value is -0.830. The average molecular weight is 203 g/mol. The molecular formula is C9H15ClN2O. The molecule has 1 amide bonds. The van der Waals surface area contributed by atoms with E-state index in [1.165, 1.54) is 11.8 Å². The van der Waals surface area contributed by atoms with Gasteiger partial charge in [0.25, 0.3) is 0 Å². The molecule has 0 heterocycles. The molecule has 0 unspecified atom stereocenters. The summed E-state index contributed by atoms with van der Waals surface area (Å²) in [7, 11) is 1.67. The molecule has 0 bridgehead atoms. The second-order valence-corrected chi connectivity index (χ2v) is 3.38. The van der Waals surface area contributed by atoms with Gasteiger partial charge in [-0.1, -0.05) is 11.6 Å². The molecule has 0 aromatic heterocycles. The second kappa shape index (κ2) is 5.75. The van der Waals surface area contributed by atoms with E-state index in [4.69, 9.17) is 11.6 Å². The predicted molar refractivity (Wildman–Crippen MR) is 56.0 cm³/mol. The van der Waals surface area contributed by atoms with E-state index in [0.717, 1.165) is 0 Å². The zero-order chi connectivity index (χ0) is 10.4. The van der Waals surface area contributed by atoms with Gasteiger partial charge in [0.05, 0.1) is 0 Å². The van der Waals surface area contributed by atoms with Gasteiger partial charge in [-0.25, -0.2) is 0 Å². The maximum absolute atomic E-state index is 10.8. The highest BCUT2D eigenvalue weighted by molar-refractivity contribution is 6.68. The lowest BCUT2D eigenvalue weighted by atomic mass is 10.4. The van der Waals surface area contributed by atoms with Gasteiger partial charge in [-0.05, 0) is 19.9 Å². The van der Waals surface area contributed by atoms with Crippen molar-refractivity contribution in [2.75, 3.05) is 7.05 Å². The number of rotatable bonds is 3. The van der Waals surface area contributed by atoms with Crippen LogP contribution in [-0.4, -0.2) is 29.1 Å². The number of carbonyl (C=O) groups excluding carboxylic acids is 1. The fraction of sp³-hybridized carbons (Fsp3) is 0.556. The van der Waals surface area contributed by atoms with E-state index in [9.17, 15) is 4.79 Å². The van der Waals surface area contributed by atoms with Crippen molar-refractivity contribution < 1.29 is 4.79 Å². The molecule has 0 aliphatic carbocycles. The molecule has 0 saturated heterocycles. The average Bonchev–Trinajstić information content (AvgIpc) is 1.98. The third kappa shape index (κ3) is 6.34. The standard InChI is InChI=1S/C9H15ClN2O/c1-7(2)11-9(10)5-6-12(4)8(3)13/h5-7H,1-4H3/b6-5+,11-9?. The quantitative estimate of drug-likeness (QED) is 0.645. The zero-order valence-electron chi connectivity index (χ0n) is 8.41. The van der Waals surface area contributed by atoms with Gasteiger partial charge in [-0.15, -0.1) is 0 Å². The molecule has 0 rings (SSSR count). The molecule has 0 fully saturated rings. The number of amides is 1. The molecule has 3 nitrogen and oxygen atoms in total. The minimum atomic E-state index is -0.0368. The smallest absolute Gasteiger partial charge is 0.223 e. The molecule has 0 aromatic rings. The van der Waals surface area contributed by atoms with Crippen molar-refractivity contribution in [1.29, 1.82) is 0 Å². The number of allylic oxidation sites excluding steroid dienone is 1. The van der Waals surface area contributed by atoms with E-state index >= 15 is 0 Å². The fourth-order valence-corrected chi connectivity index (χ4v) is 0.819. The first-order chi connectivity index (χ1) is 5.93. The Kier molecular flexibility index (Phi) is 5.39. The van der Waals surface area contributed by atoms with Crippen LogP contribution in [0.15, 0.2) is 17.3 Å². The summed E-state index contributed by atoms with van der Waals surface area (Å²) in [6.07, 6.45) is 3.19. The molecule has 0 aliphatic heterocycles. The molecule has 0 spiro atoms. The predicted octanol–water partition coefficient (Wildman–Crippen LogP) is 2.02. The van der Waals surface area contributed by atoms with Gasteiger partial charge in [0.2, 0.25) is 5.91 Å². The van der Waals surface area contributed by atoms with Crippen LogP contribution in [0.4, 0.5) is 0 Å². The van der Waals surface area contributed by atoms with Gasteiger partial charge < -0.3 is 4.90 Å². The monoisotopic (exact) mass is 202 g/mol. The van der Waals surface area contributed by atoms with Crippen molar-refractivity contribution in [3.05, 3.63) is 12.3 Å². The van der Waals surface area contributed by atoms with Crippen molar-refractivity contribution >= 4 is 22.7 Å². The van der Waals surface area contributed by atoms with E-state index in [2.05, 4.69) is 4.99 Å². The Morgan fingerprint density at radius 3 is 2.46 bits per heavy atom. The summed E-state index contributed by atoms with van der Waals surface area (Å²) in [6.45, 7) is 5.35. The lowest BCUT2D eigenvalue weighted by molar-refractivity contribution is -0.125. The number of aliphatic imine (C=N–C) groups is 1. The Morgan fingerprint density at radius 2 is 2.08 bits per heavy atom. The van der Waals surface area contributed by atoms with Crippen LogP contribution in [0.2, 0.25) is 0 Å². The highest BCUT2D eigenvalue weighted by Gasteiger charge is 1.96. The topological polar surface area (TPSA) is 32.7 Å². The van der Waals surface area contributed by atoms with Crippen LogP contribution in [0.5, 0.6) is 0 Å². The van der Waals surface area contributed by atoms with Gasteiger partial charge >= 0.3 is 0 Å². The molecule has 0 aromatic carbocycles.